The monoisotopic (exact) mass is 425 g/mol. The third kappa shape index (κ3) is 3.80. The highest BCUT2D eigenvalue weighted by Gasteiger charge is 2.34. The van der Waals surface area contributed by atoms with E-state index in [1.54, 1.807) is 0 Å². The quantitative estimate of drug-likeness (QED) is 0.546. The number of aromatic carboxylic acids is 1. The van der Waals surface area contributed by atoms with Crippen LogP contribution < -0.4 is 10.1 Å². The van der Waals surface area contributed by atoms with Crippen molar-refractivity contribution in [3.8, 4) is 16.9 Å². The van der Waals surface area contributed by atoms with Crippen LogP contribution in [-0.2, 0) is 4.79 Å². The summed E-state index contributed by atoms with van der Waals surface area (Å²) in [6.07, 6.45) is 1.10. The molecule has 3 aromatic rings. The van der Waals surface area contributed by atoms with Crippen LogP contribution in [0.3, 0.4) is 0 Å². The summed E-state index contributed by atoms with van der Waals surface area (Å²) in [5.74, 6) is -1.25. The van der Waals surface area contributed by atoms with Gasteiger partial charge in [0, 0.05) is 22.8 Å². The van der Waals surface area contributed by atoms with E-state index in [1.165, 1.54) is 24.3 Å². The first-order valence-corrected chi connectivity index (χ1v) is 10.5. The summed E-state index contributed by atoms with van der Waals surface area (Å²) < 4.78 is 19.1. The van der Waals surface area contributed by atoms with Gasteiger partial charge in [0.05, 0.1) is 12.3 Å². The van der Waals surface area contributed by atoms with Crippen molar-refractivity contribution in [2.24, 2.45) is 0 Å². The molecule has 1 amide bonds. The second kappa shape index (κ2) is 8.28. The predicted octanol–water partition coefficient (Wildman–Crippen LogP) is 5.52. The molecule has 7 heteroatoms. The molecule has 1 aliphatic rings. The van der Waals surface area contributed by atoms with Gasteiger partial charge in [-0.15, -0.1) is 11.3 Å². The topological polar surface area (TPSA) is 75.6 Å². The molecule has 0 radical (unpaired) electrons. The van der Waals surface area contributed by atoms with Crippen LogP contribution >= 0.6 is 11.3 Å². The van der Waals surface area contributed by atoms with E-state index < -0.39 is 11.8 Å². The van der Waals surface area contributed by atoms with Gasteiger partial charge in [-0.05, 0) is 41.8 Å². The summed E-state index contributed by atoms with van der Waals surface area (Å²) in [4.78, 5) is 25.4. The smallest absolute Gasteiger partial charge is 0.346 e. The standard InChI is InChI=1S/C23H20FNO4S/c1-2-10-29-16-5-3-4-14(11-16)17-12-18(26)25-20-19(13-6-8-15(24)9-7-13)22(23(27)28)30-21(17)20/h3-9,11,17H,2,10,12H2,1H3,(H,25,26)(H,27,28)/t17-/m1/s1. The van der Waals surface area contributed by atoms with E-state index in [1.807, 2.05) is 31.2 Å². The molecule has 0 saturated carbocycles. The van der Waals surface area contributed by atoms with E-state index in [9.17, 15) is 19.1 Å². The van der Waals surface area contributed by atoms with E-state index in [4.69, 9.17) is 4.74 Å². The van der Waals surface area contributed by atoms with Gasteiger partial charge in [-0.2, -0.15) is 0 Å². The normalized spacial score (nSPS) is 15.4. The minimum atomic E-state index is -1.08. The Kier molecular flexibility index (Phi) is 5.55. The fraction of sp³-hybridized carbons (Fsp3) is 0.217. The first-order valence-electron chi connectivity index (χ1n) is 9.66. The number of anilines is 1. The highest BCUT2D eigenvalue weighted by molar-refractivity contribution is 7.15. The Morgan fingerprint density at radius 3 is 2.73 bits per heavy atom. The summed E-state index contributed by atoms with van der Waals surface area (Å²) in [5.41, 5.74) is 2.35. The van der Waals surface area contributed by atoms with Crippen molar-refractivity contribution in [3.05, 3.63) is 69.7 Å². The second-order valence-corrected chi connectivity index (χ2v) is 8.14. The largest absolute Gasteiger partial charge is 0.494 e. The van der Waals surface area contributed by atoms with Crippen molar-refractivity contribution in [1.82, 2.24) is 0 Å². The summed E-state index contributed by atoms with van der Waals surface area (Å²) in [6.45, 7) is 2.62. The number of hydrogen-bond acceptors (Lipinski definition) is 4. The predicted molar refractivity (Wildman–Crippen MR) is 114 cm³/mol. The van der Waals surface area contributed by atoms with Crippen LogP contribution in [0, 0.1) is 5.82 Å². The lowest BCUT2D eigenvalue weighted by atomic mass is 9.88. The molecule has 0 bridgehead atoms. The summed E-state index contributed by atoms with van der Waals surface area (Å²) in [7, 11) is 0. The van der Waals surface area contributed by atoms with E-state index in [0.29, 0.717) is 23.4 Å². The van der Waals surface area contributed by atoms with Crippen molar-refractivity contribution < 1.29 is 23.8 Å². The van der Waals surface area contributed by atoms with Crippen LogP contribution in [0.1, 0.15) is 45.8 Å². The number of fused-ring (bicyclic) bond motifs is 1. The average Bonchev–Trinajstić information content (AvgIpc) is 3.12. The Morgan fingerprint density at radius 1 is 1.27 bits per heavy atom. The summed E-state index contributed by atoms with van der Waals surface area (Å²) >= 11 is 1.15. The molecule has 1 atom stereocenters. The minimum absolute atomic E-state index is 0.122. The van der Waals surface area contributed by atoms with Gasteiger partial charge in [-0.3, -0.25) is 4.79 Å². The fourth-order valence-corrected chi connectivity index (χ4v) is 4.89. The average molecular weight is 425 g/mol. The molecular weight excluding hydrogens is 405 g/mol. The molecule has 2 heterocycles. The lowest BCUT2D eigenvalue weighted by Gasteiger charge is -2.24. The number of carbonyl (C=O) groups is 2. The van der Waals surface area contributed by atoms with Crippen LogP contribution in [0.25, 0.3) is 11.1 Å². The van der Waals surface area contributed by atoms with Gasteiger partial charge >= 0.3 is 5.97 Å². The zero-order valence-electron chi connectivity index (χ0n) is 16.3. The second-order valence-electron chi connectivity index (χ2n) is 7.08. The first kappa shape index (κ1) is 20.1. The first-order chi connectivity index (χ1) is 14.5. The van der Waals surface area contributed by atoms with E-state index in [-0.39, 0.29) is 23.1 Å². The molecule has 1 aliphatic heterocycles. The Bertz CT molecular complexity index is 1110. The van der Waals surface area contributed by atoms with Crippen molar-refractivity contribution in [3.63, 3.8) is 0 Å². The van der Waals surface area contributed by atoms with Crippen molar-refractivity contribution in [2.75, 3.05) is 11.9 Å². The number of ether oxygens (including phenoxy) is 1. The molecule has 4 rings (SSSR count). The number of benzene rings is 2. The van der Waals surface area contributed by atoms with Crippen LogP contribution in [0.15, 0.2) is 48.5 Å². The number of rotatable bonds is 6. The van der Waals surface area contributed by atoms with Crippen molar-refractivity contribution >= 4 is 28.9 Å². The summed E-state index contributed by atoms with van der Waals surface area (Å²) in [5, 5.41) is 12.6. The maximum atomic E-state index is 13.4. The molecule has 30 heavy (non-hydrogen) atoms. The van der Waals surface area contributed by atoms with E-state index in [0.717, 1.165) is 33.9 Å². The molecule has 154 valence electrons. The molecule has 1 aromatic heterocycles. The van der Waals surface area contributed by atoms with Gasteiger partial charge in [0.25, 0.3) is 0 Å². The van der Waals surface area contributed by atoms with Gasteiger partial charge < -0.3 is 15.2 Å². The lowest BCUT2D eigenvalue weighted by molar-refractivity contribution is -0.116. The zero-order valence-corrected chi connectivity index (χ0v) is 17.1. The van der Waals surface area contributed by atoms with Gasteiger partial charge in [0.1, 0.15) is 16.4 Å². The molecular formula is C23H20FNO4S. The molecule has 5 nitrogen and oxygen atoms in total. The Hall–Kier alpha value is -3.19. The highest BCUT2D eigenvalue weighted by Crippen LogP contribution is 2.49. The number of hydrogen-bond donors (Lipinski definition) is 2. The molecule has 2 aromatic carbocycles. The maximum absolute atomic E-state index is 13.4. The number of carboxylic acid groups (broad SMARTS) is 1. The van der Waals surface area contributed by atoms with Crippen LogP contribution in [0.5, 0.6) is 5.75 Å². The van der Waals surface area contributed by atoms with Gasteiger partial charge in [0.2, 0.25) is 5.91 Å². The number of thiophene rings is 1. The number of carbonyl (C=O) groups excluding carboxylic acids is 1. The lowest BCUT2D eigenvalue weighted by Crippen LogP contribution is -2.22. The van der Waals surface area contributed by atoms with E-state index in [2.05, 4.69) is 5.32 Å². The van der Waals surface area contributed by atoms with Crippen LogP contribution in [0.4, 0.5) is 10.1 Å². The third-order valence-electron chi connectivity index (χ3n) is 4.97. The van der Waals surface area contributed by atoms with Crippen LogP contribution in [0.2, 0.25) is 0 Å². The van der Waals surface area contributed by atoms with Crippen molar-refractivity contribution in [2.45, 2.75) is 25.7 Å². The van der Waals surface area contributed by atoms with Crippen molar-refractivity contribution in [1.29, 1.82) is 0 Å². The van der Waals surface area contributed by atoms with Gasteiger partial charge in [-0.25, -0.2) is 9.18 Å². The number of halogens is 1. The number of carboxylic acids is 1. The number of nitrogens with one attached hydrogen (secondary N) is 1. The fourth-order valence-electron chi connectivity index (χ4n) is 3.64. The highest BCUT2D eigenvalue weighted by atomic mass is 32.1. The third-order valence-corrected chi connectivity index (χ3v) is 6.26. The summed E-state index contributed by atoms with van der Waals surface area (Å²) in [6, 6.07) is 13.2. The minimum Gasteiger partial charge on any atom is -0.494 e. The SMILES string of the molecule is CCCOc1cccc([C@H]2CC(=O)Nc3c2sc(C(=O)O)c3-c2ccc(F)cc2)c1. The zero-order chi connectivity index (χ0) is 21.3. The van der Waals surface area contributed by atoms with Crippen LogP contribution in [-0.4, -0.2) is 23.6 Å². The Balaban J connectivity index is 1.84. The van der Waals surface area contributed by atoms with E-state index >= 15 is 0 Å². The molecule has 0 aliphatic carbocycles. The molecule has 2 N–H and O–H groups in total. The Labute approximate surface area is 177 Å². The van der Waals surface area contributed by atoms with Gasteiger partial charge in [-0.1, -0.05) is 31.2 Å². The maximum Gasteiger partial charge on any atom is 0.346 e. The Morgan fingerprint density at radius 2 is 2.03 bits per heavy atom. The molecule has 0 fully saturated rings. The molecule has 0 unspecified atom stereocenters. The molecule has 0 saturated heterocycles. The molecule has 0 spiro atoms. The van der Waals surface area contributed by atoms with Gasteiger partial charge in [0.15, 0.2) is 0 Å². The number of amides is 1.